The molecular formula is C14H15NO3. The number of nitrogens with zero attached hydrogens (tertiary/aromatic N) is 1. The van der Waals surface area contributed by atoms with Gasteiger partial charge in [-0.15, -0.1) is 0 Å². The molecule has 0 aliphatic rings. The third-order valence-electron chi connectivity index (χ3n) is 2.70. The zero-order valence-electron chi connectivity index (χ0n) is 10.2. The van der Waals surface area contributed by atoms with Crippen LogP contribution in [0.15, 0.2) is 36.5 Å². The van der Waals surface area contributed by atoms with E-state index in [-0.39, 0.29) is 6.42 Å². The standard InChI is InChI=1S/C14H15NO3/c1-2-18-14(17)9-13(16)11-5-3-7-12-10(11)6-4-8-15-12/h3-8,13,16H,2,9H2,1H3. The fourth-order valence-corrected chi connectivity index (χ4v) is 1.91. The minimum atomic E-state index is -0.864. The summed E-state index contributed by atoms with van der Waals surface area (Å²) in [4.78, 5) is 15.6. The van der Waals surface area contributed by atoms with Gasteiger partial charge in [0.1, 0.15) is 0 Å². The first-order valence-electron chi connectivity index (χ1n) is 5.89. The highest BCUT2D eigenvalue weighted by Gasteiger charge is 2.16. The van der Waals surface area contributed by atoms with Crippen LogP contribution in [0, 0.1) is 0 Å². The highest BCUT2D eigenvalue weighted by atomic mass is 16.5. The molecule has 0 aliphatic carbocycles. The average molecular weight is 245 g/mol. The summed E-state index contributed by atoms with van der Waals surface area (Å²) in [6.45, 7) is 2.06. The maximum absolute atomic E-state index is 11.4. The number of carbonyl (C=O) groups excluding carboxylic acids is 1. The maximum atomic E-state index is 11.4. The molecule has 18 heavy (non-hydrogen) atoms. The quantitative estimate of drug-likeness (QED) is 0.839. The molecule has 0 radical (unpaired) electrons. The molecule has 1 aromatic heterocycles. The van der Waals surface area contributed by atoms with Gasteiger partial charge in [-0.3, -0.25) is 9.78 Å². The Kier molecular flexibility index (Phi) is 3.89. The number of carbonyl (C=O) groups is 1. The molecule has 2 aromatic rings. The van der Waals surface area contributed by atoms with E-state index in [2.05, 4.69) is 4.98 Å². The zero-order chi connectivity index (χ0) is 13.0. The summed E-state index contributed by atoms with van der Waals surface area (Å²) in [5.74, 6) is -0.397. The van der Waals surface area contributed by atoms with E-state index in [1.54, 1.807) is 19.2 Å². The van der Waals surface area contributed by atoms with Crippen molar-refractivity contribution in [3.63, 3.8) is 0 Å². The van der Waals surface area contributed by atoms with Gasteiger partial charge < -0.3 is 9.84 Å². The topological polar surface area (TPSA) is 59.4 Å². The van der Waals surface area contributed by atoms with Crippen molar-refractivity contribution in [1.82, 2.24) is 4.98 Å². The maximum Gasteiger partial charge on any atom is 0.308 e. The zero-order valence-corrected chi connectivity index (χ0v) is 10.2. The Morgan fingerprint density at radius 1 is 1.39 bits per heavy atom. The van der Waals surface area contributed by atoms with Crippen LogP contribution in [-0.2, 0) is 9.53 Å². The monoisotopic (exact) mass is 245 g/mol. The Morgan fingerprint density at radius 2 is 2.22 bits per heavy atom. The number of aliphatic hydroxyl groups excluding tert-OH is 1. The fourth-order valence-electron chi connectivity index (χ4n) is 1.91. The number of esters is 1. The molecule has 0 amide bonds. The number of fused-ring (bicyclic) bond motifs is 1. The first-order valence-corrected chi connectivity index (χ1v) is 5.89. The first kappa shape index (κ1) is 12.5. The molecule has 2 rings (SSSR count). The number of ether oxygens (including phenoxy) is 1. The van der Waals surface area contributed by atoms with E-state index in [1.807, 2.05) is 24.3 Å². The van der Waals surface area contributed by atoms with Gasteiger partial charge in [-0.25, -0.2) is 0 Å². The summed E-state index contributed by atoms with van der Waals surface area (Å²) in [7, 11) is 0. The summed E-state index contributed by atoms with van der Waals surface area (Å²) in [5.41, 5.74) is 1.51. The Balaban J connectivity index is 2.27. The predicted octanol–water partition coefficient (Wildman–Crippen LogP) is 2.22. The van der Waals surface area contributed by atoms with Gasteiger partial charge in [-0.1, -0.05) is 18.2 Å². The van der Waals surface area contributed by atoms with E-state index < -0.39 is 12.1 Å². The molecule has 0 spiro atoms. The Morgan fingerprint density at radius 3 is 3.00 bits per heavy atom. The van der Waals surface area contributed by atoms with Crippen molar-refractivity contribution >= 4 is 16.9 Å². The minimum Gasteiger partial charge on any atom is -0.466 e. The van der Waals surface area contributed by atoms with Crippen LogP contribution >= 0.6 is 0 Å². The lowest BCUT2D eigenvalue weighted by Crippen LogP contribution is -2.10. The van der Waals surface area contributed by atoms with Crippen LogP contribution in [-0.4, -0.2) is 22.7 Å². The summed E-state index contributed by atoms with van der Waals surface area (Å²) in [5, 5.41) is 10.9. The van der Waals surface area contributed by atoms with Gasteiger partial charge in [-0.05, 0) is 24.6 Å². The van der Waals surface area contributed by atoms with Crippen LogP contribution in [0.2, 0.25) is 0 Å². The highest BCUT2D eigenvalue weighted by Crippen LogP contribution is 2.25. The van der Waals surface area contributed by atoms with Crippen LogP contribution in [0.5, 0.6) is 0 Å². The van der Waals surface area contributed by atoms with E-state index in [0.29, 0.717) is 12.2 Å². The number of aromatic nitrogens is 1. The van der Waals surface area contributed by atoms with Crippen molar-refractivity contribution in [3.8, 4) is 0 Å². The number of hydrogen-bond acceptors (Lipinski definition) is 4. The molecular weight excluding hydrogens is 230 g/mol. The van der Waals surface area contributed by atoms with Crippen LogP contribution in [0.25, 0.3) is 10.9 Å². The van der Waals surface area contributed by atoms with E-state index in [1.165, 1.54) is 0 Å². The molecule has 0 bridgehead atoms. The van der Waals surface area contributed by atoms with Gasteiger partial charge in [0.15, 0.2) is 0 Å². The van der Waals surface area contributed by atoms with Crippen LogP contribution < -0.4 is 0 Å². The number of hydrogen-bond donors (Lipinski definition) is 1. The lowest BCUT2D eigenvalue weighted by Gasteiger charge is -2.12. The van der Waals surface area contributed by atoms with Gasteiger partial charge in [0.2, 0.25) is 0 Å². The number of rotatable bonds is 4. The molecule has 1 atom stereocenters. The van der Waals surface area contributed by atoms with Gasteiger partial charge in [0.25, 0.3) is 0 Å². The Labute approximate surface area is 105 Å². The third-order valence-corrected chi connectivity index (χ3v) is 2.70. The van der Waals surface area contributed by atoms with Crippen molar-refractivity contribution in [1.29, 1.82) is 0 Å². The second-order valence-electron chi connectivity index (χ2n) is 3.94. The minimum absolute atomic E-state index is 0.0398. The van der Waals surface area contributed by atoms with Crippen molar-refractivity contribution in [2.24, 2.45) is 0 Å². The molecule has 4 nitrogen and oxygen atoms in total. The van der Waals surface area contributed by atoms with Gasteiger partial charge in [0, 0.05) is 11.6 Å². The first-order chi connectivity index (χ1) is 8.72. The molecule has 94 valence electrons. The SMILES string of the molecule is CCOC(=O)CC(O)c1cccc2ncccc12. The van der Waals surface area contributed by atoms with Crippen LogP contribution in [0.4, 0.5) is 0 Å². The second kappa shape index (κ2) is 5.60. The summed E-state index contributed by atoms with van der Waals surface area (Å²) in [6.07, 6.45) is 0.794. The van der Waals surface area contributed by atoms with Crippen LogP contribution in [0.1, 0.15) is 25.0 Å². The number of pyridine rings is 1. The Hall–Kier alpha value is -1.94. The average Bonchev–Trinajstić information content (AvgIpc) is 2.38. The normalized spacial score (nSPS) is 12.3. The predicted molar refractivity (Wildman–Crippen MR) is 68.0 cm³/mol. The molecule has 1 heterocycles. The van der Waals surface area contributed by atoms with E-state index in [0.717, 1.165) is 10.9 Å². The summed E-state index contributed by atoms with van der Waals surface area (Å²) < 4.78 is 4.83. The van der Waals surface area contributed by atoms with Gasteiger partial charge >= 0.3 is 5.97 Å². The lowest BCUT2D eigenvalue weighted by atomic mass is 10.0. The molecule has 1 unspecified atom stereocenters. The summed E-state index contributed by atoms with van der Waals surface area (Å²) >= 11 is 0. The van der Waals surface area contributed by atoms with Crippen molar-refractivity contribution in [2.45, 2.75) is 19.4 Å². The fraction of sp³-hybridized carbons (Fsp3) is 0.286. The molecule has 0 aliphatic heterocycles. The molecule has 0 saturated heterocycles. The number of aliphatic hydroxyl groups is 1. The van der Waals surface area contributed by atoms with Crippen molar-refractivity contribution in [3.05, 3.63) is 42.1 Å². The lowest BCUT2D eigenvalue weighted by molar-refractivity contribution is -0.145. The van der Waals surface area contributed by atoms with E-state index in [4.69, 9.17) is 4.74 Å². The van der Waals surface area contributed by atoms with Crippen molar-refractivity contribution in [2.75, 3.05) is 6.61 Å². The largest absolute Gasteiger partial charge is 0.466 e. The smallest absolute Gasteiger partial charge is 0.308 e. The van der Waals surface area contributed by atoms with E-state index >= 15 is 0 Å². The molecule has 1 aromatic carbocycles. The second-order valence-corrected chi connectivity index (χ2v) is 3.94. The third kappa shape index (κ3) is 2.65. The Bertz CT molecular complexity index is 548. The van der Waals surface area contributed by atoms with Crippen molar-refractivity contribution < 1.29 is 14.6 Å². The molecule has 4 heteroatoms. The molecule has 1 N–H and O–H groups in total. The summed E-state index contributed by atoms with van der Waals surface area (Å²) in [6, 6.07) is 9.18. The molecule has 0 fully saturated rings. The molecule has 0 saturated carbocycles. The van der Waals surface area contributed by atoms with Crippen LogP contribution in [0.3, 0.4) is 0 Å². The van der Waals surface area contributed by atoms with E-state index in [9.17, 15) is 9.90 Å². The number of benzene rings is 1. The highest BCUT2D eigenvalue weighted by molar-refractivity contribution is 5.83. The van der Waals surface area contributed by atoms with Gasteiger partial charge in [0.05, 0.1) is 24.6 Å². The van der Waals surface area contributed by atoms with Gasteiger partial charge in [-0.2, -0.15) is 0 Å².